The molecule has 1 aromatic carbocycles. The largest absolute Gasteiger partial charge is 0.453 e. The van der Waals surface area contributed by atoms with Gasteiger partial charge in [0.15, 0.2) is 5.76 Å². The van der Waals surface area contributed by atoms with Crippen LogP contribution in [-0.2, 0) is 0 Å². The van der Waals surface area contributed by atoms with Crippen LogP contribution in [0.3, 0.4) is 0 Å². The van der Waals surface area contributed by atoms with Crippen LogP contribution in [0, 0.1) is 0 Å². The second-order valence-corrected chi connectivity index (χ2v) is 5.02. The molecule has 4 heteroatoms. The second-order valence-electron chi connectivity index (χ2n) is 4.03. The van der Waals surface area contributed by atoms with Crippen molar-refractivity contribution in [3.8, 4) is 0 Å². The van der Waals surface area contributed by atoms with E-state index >= 15 is 0 Å². The van der Waals surface area contributed by atoms with Crippen LogP contribution in [0.5, 0.6) is 0 Å². The van der Waals surface area contributed by atoms with Gasteiger partial charge in [-0.05, 0) is 24.3 Å². The van der Waals surface area contributed by atoms with E-state index in [1.165, 1.54) is 11.8 Å². The van der Waals surface area contributed by atoms with E-state index in [0.29, 0.717) is 11.5 Å². The number of thioether (sulfide) groups is 1. The number of pyridine rings is 1. The number of ketones is 1. The van der Waals surface area contributed by atoms with Gasteiger partial charge in [-0.3, -0.25) is 4.79 Å². The van der Waals surface area contributed by atoms with E-state index in [4.69, 9.17) is 4.42 Å². The summed E-state index contributed by atoms with van der Waals surface area (Å²) < 4.78 is 5.53. The summed E-state index contributed by atoms with van der Waals surface area (Å²) in [5.74, 6) is 0.716. The van der Waals surface area contributed by atoms with Gasteiger partial charge in [0.1, 0.15) is 5.58 Å². The van der Waals surface area contributed by atoms with Gasteiger partial charge in [-0.15, -0.1) is 0 Å². The van der Waals surface area contributed by atoms with E-state index in [-0.39, 0.29) is 5.78 Å². The molecule has 3 aromatic rings. The number of nitrogens with zero attached hydrogens (tertiary/aromatic N) is 1. The molecule has 0 radical (unpaired) electrons. The number of carbonyl (C=O) groups is 1. The molecule has 0 fully saturated rings. The minimum Gasteiger partial charge on any atom is -0.453 e. The third-order valence-electron chi connectivity index (χ3n) is 2.69. The molecule has 0 spiro atoms. The Morgan fingerprint density at radius 3 is 2.79 bits per heavy atom. The van der Waals surface area contributed by atoms with E-state index in [2.05, 4.69) is 4.98 Å². The molecule has 0 bridgehead atoms. The number of para-hydroxylation sites is 1. The molecular formula is C15H11NO2S. The highest BCUT2D eigenvalue weighted by Crippen LogP contribution is 2.21. The van der Waals surface area contributed by atoms with Gasteiger partial charge >= 0.3 is 0 Å². The van der Waals surface area contributed by atoms with Crippen molar-refractivity contribution in [3.63, 3.8) is 0 Å². The molecule has 0 N–H and O–H groups in total. The molecule has 0 aliphatic rings. The van der Waals surface area contributed by atoms with E-state index in [1.54, 1.807) is 12.3 Å². The molecule has 0 unspecified atom stereocenters. The lowest BCUT2D eigenvalue weighted by Gasteiger charge is -1.97. The Morgan fingerprint density at radius 2 is 2.00 bits per heavy atom. The van der Waals surface area contributed by atoms with Crippen LogP contribution in [0.15, 0.2) is 64.2 Å². The molecule has 0 aliphatic carbocycles. The van der Waals surface area contributed by atoms with Crippen molar-refractivity contribution in [3.05, 3.63) is 60.5 Å². The highest BCUT2D eigenvalue weighted by Gasteiger charge is 2.12. The molecule has 19 heavy (non-hydrogen) atoms. The van der Waals surface area contributed by atoms with Gasteiger partial charge in [0.05, 0.1) is 10.8 Å². The number of benzene rings is 1. The van der Waals surface area contributed by atoms with Crippen LogP contribution in [0.25, 0.3) is 11.0 Å². The highest BCUT2D eigenvalue weighted by atomic mass is 32.2. The lowest BCUT2D eigenvalue weighted by molar-refractivity contribution is 0.0994. The van der Waals surface area contributed by atoms with Crippen molar-refractivity contribution in [1.29, 1.82) is 0 Å². The van der Waals surface area contributed by atoms with Gasteiger partial charge in [-0.25, -0.2) is 4.98 Å². The topological polar surface area (TPSA) is 43.1 Å². The van der Waals surface area contributed by atoms with Crippen molar-refractivity contribution in [2.24, 2.45) is 0 Å². The fourth-order valence-electron chi connectivity index (χ4n) is 1.76. The van der Waals surface area contributed by atoms with Crippen LogP contribution in [0.4, 0.5) is 0 Å². The Kier molecular flexibility index (Phi) is 3.33. The van der Waals surface area contributed by atoms with Crippen LogP contribution < -0.4 is 0 Å². The number of fused-ring (bicyclic) bond motifs is 1. The Morgan fingerprint density at radius 1 is 1.16 bits per heavy atom. The summed E-state index contributed by atoms with van der Waals surface area (Å²) in [7, 11) is 0. The lowest BCUT2D eigenvalue weighted by atomic mass is 10.2. The Labute approximate surface area is 114 Å². The van der Waals surface area contributed by atoms with Gasteiger partial charge in [-0.1, -0.05) is 36.0 Å². The molecule has 0 atom stereocenters. The number of hydrogen-bond acceptors (Lipinski definition) is 4. The van der Waals surface area contributed by atoms with Crippen LogP contribution >= 0.6 is 11.8 Å². The van der Waals surface area contributed by atoms with Gasteiger partial charge in [0, 0.05) is 11.6 Å². The molecular weight excluding hydrogens is 258 g/mol. The number of hydrogen-bond donors (Lipinski definition) is 0. The molecule has 2 heterocycles. The van der Waals surface area contributed by atoms with Crippen molar-refractivity contribution in [1.82, 2.24) is 4.98 Å². The van der Waals surface area contributed by atoms with E-state index in [1.807, 2.05) is 42.5 Å². The third-order valence-corrected chi connectivity index (χ3v) is 3.63. The van der Waals surface area contributed by atoms with E-state index in [0.717, 1.165) is 16.0 Å². The Bertz CT molecular complexity index is 673. The number of carbonyl (C=O) groups excluding carboxylic acids is 1. The van der Waals surface area contributed by atoms with Crippen molar-refractivity contribution in [2.75, 3.05) is 5.75 Å². The average molecular weight is 269 g/mol. The minimum absolute atomic E-state index is 0.0214. The minimum atomic E-state index is -0.0214. The fraction of sp³-hybridized carbons (Fsp3) is 0.0667. The first-order valence-electron chi connectivity index (χ1n) is 5.88. The van der Waals surface area contributed by atoms with E-state index < -0.39 is 0 Å². The Hall–Kier alpha value is -2.07. The zero-order valence-corrected chi connectivity index (χ0v) is 10.9. The summed E-state index contributed by atoms with van der Waals surface area (Å²) >= 11 is 1.41. The van der Waals surface area contributed by atoms with Gasteiger partial charge in [0.2, 0.25) is 5.78 Å². The summed E-state index contributed by atoms with van der Waals surface area (Å²) in [6.45, 7) is 0. The van der Waals surface area contributed by atoms with E-state index in [9.17, 15) is 4.79 Å². The second kappa shape index (κ2) is 5.28. The monoisotopic (exact) mass is 269 g/mol. The van der Waals surface area contributed by atoms with Gasteiger partial charge in [-0.2, -0.15) is 0 Å². The van der Waals surface area contributed by atoms with Crippen LogP contribution in [0.2, 0.25) is 0 Å². The zero-order chi connectivity index (χ0) is 13.1. The zero-order valence-electron chi connectivity index (χ0n) is 10.1. The first-order valence-corrected chi connectivity index (χ1v) is 6.87. The van der Waals surface area contributed by atoms with Crippen LogP contribution in [0.1, 0.15) is 10.6 Å². The van der Waals surface area contributed by atoms with Crippen molar-refractivity contribution < 1.29 is 9.21 Å². The molecule has 0 saturated heterocycles. The Balaban J connectivity index is 1.73. The number of aromatic nitrogens is 1. The summed E-state index contributed by atoms with van der Waals surface area (Å²) in [6.07, 6.45) is 1.72. The SMILES string of the molecule is O=C(CSc1ccccn1)c1cc2ccccc2o1. The first kappa shape index (κ1) is 12.0. The highest BCUT2D eigenvalue weighted by molar-refractivity contribution is 7.99. The smallest absolute Gasteiger partial charge is 0.208 e. The molecule has 3 nitrogen and oxygen atoms in total. The summed E-state index contributed by atoms with van der Waals surface area (Å²) in [4.78, 5) is 16.2. The fourth-order valence-corrected chi connectivity index (χ4v) is 2.49. The van der Waals surface area contributed by atoms with Gasteiger partial charge < -0.3 is 4.42 Å². The predicted molar refractivity (Wildman–Crippen MR) is 75.5 cm³/mol. The van der Waals surface area contributed by atoms with Crippen molar-refractivity contribution in [2.45, 2.75) is 5.03 Å². The summed E-state index contributed by atoms with van der Waals surface area (Å²) in [5, 5.41) is 1.79. The molecule has 94 valence electrons. The molecule has 0 amide bonds. The lowest BCUT2D eigenvalue weighted by Crippen LogP contribution is -2.00. The number of furan rings is 1. The maximum atomic E-state index is 12.0. The third kappa shape index (κ3) is 2.69. The quantitative estimate of drug-likeness (QED) is 0.533. The standard InChI is InChI=1S/C15H11NO2S/c17-12(10-19-15-7-3-4-8-16-15)14-9-11-5-1-2-6-13(11)18-14/h1-9H,10H2. The van der Waals surface area contributed by atoms with Gasteiger partial charge in [0.25, 0.3) is 0 Å². The predicted octanol–water partition coefficient (Wildman–Crippen LogP) is 3.80. The number of Topliss-reactive ketones (excluding diaryl/α,β-unsaturated/α-hetero) is 1. The summed E-state index contributed by atoms with van der Waals surface area (Å²) in [5.41, 5.74) is 0.744. The first-order chi connectivity index (χ1) is 9.33. The molecule has 3 rings (SSSR count). The summed E-state index contributed by atoms with van der Waals surface area (Å²) in [6, 6.07) is 15.0. The maximum absolute atomic E-state index is 12.0. The number of rotatable bonds is 4. The average Bonchev–Trinajstić information content (AvgIpc) is 2.90. The maximum Gasteiger partial charge on any atom is 0.208 e. The molecule has 0 saturated carbocycles. The molecule has 2 aromatic heterocycles. The normalized spacial score (nSPS) is 10.7. The van der Waals surface area contributed by atoms with Crippen LogP contribution in [-0.4, -0.2) is 16.5 Å². The van der Waals surface area contributed by atoms with Crippen molar-refractivity contribution >= 4 is 28.5 Å². The molecule has 0 aliphatic heterocycles.